The maximum absolute atomic E-state index is 14.9. The number of carboxylic acid groups (broad SMARTS) is 1. The standard InChI is InChI=1S/C34H41F5N4O5/c1-19(7-10-27(31(40)46)43-18-23(12-13-41(3)4)32(47)42(5)33(43)48)6-8-21-16-25(35)14-20(2)29(21)24-15-22(9-11-28(44)45)30(36)26(17-24)34(37,38)39/h14-19,27H,6-13H2,1-5H3,(H2,40,46)(H,44,45). The number of hydrogen-bond acceptors (Lipinski definition) is 5. The van der Waals surface area contributed by atoms with E-state index in [9.17, 15) is 41.1 Å². The van der Waals surface area contributed by atoms with Gasteiger partial charge in [0.05, 0.1) is 5.56 Å². The van der Waals surface area contributed by atoms with E-state index in [0.29, 0.717) is 48.6 Å². The van der Waals surface area contributed by atoms with Crippen LogP contribution in [-0.4, -0.2) is 51.7 Å². The van der Waals surface area contributed by atoms with Crippen LogP contribution in [0.1, 0.15) is 66.5 Å². The second-order valence-corrected chi connectivity index (χ2v) is 12.5. The summed E-state index contributed by atoms with van der Waals surface area (Å²) in [5.74, 6) is -4.36. The molecule has 0 saturated heterocycles. The average molecular weight is 681 g/mol. The molecule has 0 aliphatic carbocycles. The first-order chi connectivity index (χ1) is 22.3. The van der Waals surface area contributed by atoms with E-state index in [1.165, 1.54) is 36.9 Å². The SMILES string of the molecule is Cc1cc(F)cc(CCC(C)CCC(C(N)=O)n2cc(CCN(C)C)c(=O)n(C)c2=O)c1-c1cc(CCC(=O)O)c(F)c(C(F)(F)F)c1. The number of likely N-dealkylation sites (N-methyl/N-ethyl adjacent to an activating group) is 1. The molecule has 2 atom stereocenters. The number of aromatic nitrogens is 2. The predicted octanol–water partition coefficient (Wildman–Crippen LogP) is 5.02. The van der Waals surface area contributed by atoms with Crippen molar-refractivity contribution in [1.29, 1.82) is 0 Å². The summed E-state index contributed by atoms with van der Waals surface area (Å²) in [4.78, 5) is 51.1. The van der Waals surface area contributed by atoms with Crippen LogP contribution in [0.3, 0.4) is 0 Å². The first-order valence-corrected chi connectivity index (χ1v) is 15.5. The van der Waals surface area contributed by atoms with Crippen LogP contribution in [0.25, 0.3) is 11.1 Å². The van der Waals surface area contributed by atoms with Gasteiger partial charge in [-0.3, -0.25) is 23.5 Å². The predicted molar refractivity (Wildman–Crippen MR) is 171 cm³/mol. The highest BCUT2D eigenvalue weighted by Gasteiger charge is 2.36. The molecule has 262 valence electrons. The number of carbonyl (C=O) groups excluding carboxylic acids is 1. The van der Waals surface area contributed by atoms with Crippen LogP contribution in [-0.2, 0) is 42.1 Å². The minimum Gasteiger partial charge on any atom is -0.481 e. The molecule has 3 rings (SSSR count). The summed E-state index contributed by atoms with van der Waals surface area (Å²) in [6.07, 6.45) is -3.26. The lowest BCUT2D eigenvalue weighted by Gasteiger charge is -2.21. The first-order valence-electron chi connectivity index (χ1n) is 15.5. The molecule has 2 aromatic carbocycles. The number of halogens is 5. The van der Waals surface area contributed by atoms with E-state index >= 15 is 0 Å². The minimum absolute atomic E-state index is 0.0165. The number of alkyl halides is 3. The van der Waals surface area contributed by atoms with Crippen molar-refractivity contribution in [2.45, 2.75) is 71.0 Å². The maximum atomic E-state index is 14.9. The first kappa shape index (κ1) is 38.1. The van der Waals surface area contributed by atoms with E-state index < -0.39 is 70.9 Å². The van der Waals surface area contributed by atoms with E-state index in [0.717, 1.165) is 10.6 Å². The van der Waals surface area contributed by atoms with Crippen molar-refractivity contribution >= 4 is 11.9 Å². The molecule has 3 aromatic rings. The molecule has 0 saturated carbocycles. The summed E-state index contributed by atoms with van der Waals surface area (Å²) >= 11 is 0. The molecule has 48 heavy (non-hydrogen) atoms. The van der Waals surface area contributed by atoms with Crippen LogP contribution in [0.15, 0.2) is 40.1 Å². The van der Waals surface area contributed by atoms with Crippen molar-refractivity contribution in [2.24, 2.45) is 18.7 Å². The maximum Gasteiger partial charge on any atom is 0.419 e. The Morgan fingerprint density at radius 2 is 1.62 bits per heavy atom. The Morgan fingerprint density at radius 1 is 0.958 bits per heavy atom. The van der Waals surface area contributed by atoms with Crippen molar-refractivity contribution < 1.29 is 36.6 Å². The number of aliphatic carboxylic acids is 1. The third kappa shape index (κ3) is 9.39. The highest BCUT2D eigenvalue weighted by atomic mass is 19.4. The molecule has 0 aliphatic rings. The van der Waals surface area contributed by atoms with Crippen LogP contribution < -0.4 is 17.0 Å². The molecule has 0 fully saturated rings. The Labute approximate surface area is 274 Å². The van der Waals surface area contributed by atoms with E-state index in [1.807, 2.05) is 25.9 Å². The van der Waals surface area contributed by atoms with Gasteiger partial charge in [0.2, 0.25) is 5.91 Å². The Balaban J connectivity index is 1.90. The summed E-state index contributed by atoms with van der Waals surface area (Å²) in [7, 11) is 5.00. The summed E-state index contributed by atoms with van der Waals surface area (Å²) in [6.45, 7) is 3.92. The normalized spacial score (nSPS) is 13.1. The third-order valence-electron chi connectivity index (χ3n) is 8.45. The van der Waals surface area contributed by atoms with Gasteiger partial charge in [-0.2, -0.15) is 13.2 Å². The fourth-order valence-electron chi connectivity index (χ4n) is 5.78. The number of benzene rings is 2. The Bertz CT molecular complexity index is 1780. The van der Waals surface area contributed by atoms with Gasteiger partial charge in [0, 0.05) is 31.8 Å². The number of nitrogens with zero attached hydrogens (tertiary/aromatic N) is 3. The quantitative estimate of drug-likeness (QED) is 0.217. The largest absolute Gasteiger partial charge is 0.481 e. The van der Waals surface area contributed by atoms with Crippen LogP contribution in [0, 0.1) is 24.5 Å². The molecule has 14 heteroatoms. The number of carbonyl (C=O) groups is 2. The Morgan fingerprint density at radius 3 is 2.21 bits per heavy atom. The van der Waals surface area contributed by atoms with Gasteiger partial charge in [0.15, 0.2) is 0 Å². The molecular formula is C34H41F5N4O5. The minimum atomic E-state index is -5.06. The number of carboxylic acids is 1. The van der Waals surface area contributed by atoms with Crippen molar-refractivity contribution in [3.05, 3.63) is 90.8 Å². The second kappa shape index (κ2) is 15.7. The van der Waals surface area contributed by atoms with Crippen molar-refractivity contribution in [3.8, 4) is 11.1 Å². The van der Waals surface area contributed by atoms with E-state index in [1.54, 1.807) is 0 Å². The summed E-state index contributed by atoms with van der Waals surface area (Å²) in [5, 5.41) is 9.04. The summed E-state index contributed by atoms with van der Waals surface area (Å²) in [6, 6.07) is 3.14. The van der Waals surface area contributed by atoms with E-state index in [2.05, 4.69) is 0 Å². The fourth-order valence-corrected chi connectivity index (χ4v) is 5.78. The van der Waals surface area contributed by atoms with Crippen LogP contribution in [0.4, 0.5) is 22.0 Å². The van der Waals surface area contributed by atoms with Gasteiger partial charge >= 0.3 is 17.8 Å². The second-order valence-electron chi connectivity index (χ2n) is 12.5. The van der Waals surface area contributed by atoms with E-state index in [4.69, 9.17) is 10.8 Å². The molecule has 0 radical (unpaired) electrons. The molecular weight excluding hydrogens is 639 g/mol. The molecule has 1 heterocycles. The molecule has 9 nitrogen and oxygen atoms in total. The highest BCUT2D eigenvalue weighted by molar-refractivity contribution is 5.78. The lowest BCUT2D eigenvalue weighted by atomic mass is 9.87. The Hall–Kier alpha value is -4.33. The van der Waals surface area contributed by atoms with Gasteiger partial charge in [-0.1, -0.05) is 6.92 Å². The fraction of sp³-hybridized carbons (Fsp3) is 0.471. The monoisotopic (exact) mass is 680 g/mol. The topological polar surface area (TPSA) is 128 Å². The molecule has 1 aromatic heterocycles. The van der Waals surface area contributed by atoms with Crippen LogP contribution >= 0.6 is 0 Å². The van der Waals surface area contributed by atoms with Crippen LogP contribution in [0.2, 0.25) is 0 Å². The number of primary amides is 1. The lowest BCUT2D eigenvalue weighted by molar-refractivity contribution is -0.140. The van der Waals surface area contributed by atoms with Gasteiger partial charge in [-0.15, -0.1) is 0 Å². The number of nitrogens with two attached hydrogens (primary N) is 1. The van der Waals surface area contributed by atoms with Gasteiger partial charge in [-0.25, -0.2) is 13.6 Å². The smallest absolute Gasteiger partial charge is 0.419 e. The summed E-state index contributed by atoms with van der Waals surface area (Å²) in [5.41, 5.74) is 3.88. The Kier molecular flexibility index (Phi) is 12.5. The molecule has 2 unspecified atom stereocenters. The van der Waals surface area contributed by atoms with Crippen molar-refractivity contribution in [2.75, 3.05) is 20.6 Å². The summed E-state index contributed by atoms with van der Waals surface area (Å²) < 4.78 is 73.1. The lowest BCUT2D eigenvalue weighted by Crippen LogP contribution is -2.44. The number of aryl methyl sites for hydroxylation is 3. The molecule has 0 bridgehead atoms. The molecule has 1 amide bonds. The third-order valence-corrected chi connectivity index (χ3v) is 8.45. The van der Waals surface area contributed by atoms with Crippen molar-refractivity contribution in [1.82, 2.24) is 14.0 Å². The number of rotatable bonds is 15. The highest BCUT2D eigenvalue weighted by Crippen LogP contribution is 2.39. The van der Waals surface area contributed by atoms with Gasteiger partial charge < -0.3 is 15.7 Å². The van der Waals surface area contributed by atoms with Crippen molar-refractivity contribution in [3.63, 3.8) is 0 Å². The van der Waals surface area contributed by atoms with Gasteiger partial charge in [0.25, 0.3) is 5.56 Å². The number of hydrogen-bond donors (Lipinski definition) is 2. The zero-order chi connectivity index (χ0) is 36.1. The number of amides is 1. The zero-order valence-electron chi connectivity index (χ0n) is 27.6. The van der Waals surface area contributed by atoms with E-state index in [-0.39, 0.29) is 29.9 Å². The average Bonchev–Trinajstić information content (AvgIpc) is 2.97. The molecule has 0 aliphatic heterocycles. The van der Waals surface area contributed by atoms with Crippen LogP contribution in [0.5, 0.6) is 0 Å². The van der Waals surface area contributed by atoms with Gasteiger partial charge in [0.1, 0.15) is 17.7 Å². The molecule has 3 N–H and O–H groups in total. The molecule has 0 spiro atoms. The van der Waals surface area contributed by atoms with Gasteiger partial charge in [-0.05, 0) is 118 Å². The zero-order valence-corrected chi connectivity index (χ0v) is 27.6.